The van der Waals surface area contributed by atoms with E-state index in [1.165, 1.54) is 13.8 Å². The first-order valence-electron chi connectivity index (χ1n) is 4.38. The van der Waals surface area contributed by atoms with Crippen LogP contribution < -0.4 is 0 Å². The molecule has 0 radical (unpaired) electrons. The lowest BCUT2D eigenvalue weighted by molar-refractivity contribution is -0.171. The summed E-state index contributed by atoms with van der Waals surface area (Å²) in [5, 5.41) is -3.71. The van der Waals surface area contributed by atoms with Crippen LogP contribution in [-0.2, 0) is 24.4 Å². The third-order valence-corrected chi connectivity index (χ3v) is 2.57. The Balaban J connectivity index is 5.12. The van der Waals surface area contributed by atoms with Crippen LogP contribution in [0.2, 0.25) is 0 Å². The van der Waals surface area contributed by atoms with Gasteiger partial charge in [0.2, 0.25) is 0 Å². The highest BCUT2D eigenvalue weighted by atomic mass is 32.2. The zero-order valence-electron chi connectivity index (χ0n) is 9.06. The van der Waals surface area contributed by atoms with Gasteiger partial charge >= 0.3 is 21.3 Å². The molecular weight excluding hydrogens is 243 g/mol. The lowest BCUT2D eigenvalue weighted by atomic mass is 10.2. The average Bonchev–Trinajstić information content (AvgIpc) is 1.99. The Bertz CT molecular complexity index is 387. The normalized spacial score (nSPS) is 15.6. The van der Waals surface area contributed by atoms with Crippen LogP contribution in [0.5, 0.6) is 0 Å². The van der Waals surface area contributed by atoms with Crippen molar-refractivity contribution in [3.05, 3.63) is 0 Å². The summed E-state index contributed by atoms with van der Waals surface area (Å²) < 4.78 is 47.6. The van der Waals surface area contributed by atoms with E-state index in [4.69, 9.17) is 4.55 Å². The fourth-order valence-corrected chi connectivity index (χ4v) is 1.32. The Morgan fingerprint density at radius 3 is 2.12 bits per heavy atom. The molecule has 8 heteroatoms. The molecule has 0 aromatic heterocycles. The van der Waals surface area contributed by atoms with Crippen molar-refractivity contribution in [2.45, 2.75) is 32.4 Å². The predicted octanol–water partition coefficient (Wildman–Crippen LogP) is 0.676. The summed E-state index contributed by atoms with van der Waals surface area (Å²) in [4.78, 5) is 21.7. The fourth-order valence-electron chi connectivity index (χ4n) is 0.745. The molecule has 94 valence electrons. The summed E-state index contributed by atoms with van der Waals surface area (Å²) >= 11 is 0. The largest absolute Gasteiger partial charge is 0.412 e. The highest BCUT2D eigenvalue weighted by Crippen LogP contribution is 2.26. The van der Waals surface area contributed by atoms with Crippen LogP contribution in [0.15, 0.2) is 0 Å². The van der Waals surface area contributed by atoms with Crippen molar-refractivity contribution >= 4 is 21.9 Å². The van der Waals surface area contributed by atoms with Gasteiger partial charge in [0.15, 0.2) is 0 Å². The van der Waals surface area contributed by atoms with Gasteiger partial charge in [-0.15, -0.1) is 0 Å². The number of carbonyl (C=O) groups is 2. The SMILES string of the molecule is CC(=O)CC(F)(OC(=O)C(C)C)S(=O)(=O)O. The number of hydrogen-bond acceptors (Lipinski definition) is 5. The molecule has 0 aromatic rings. The van der Waals surface area contributed by atoms with Crippen LogP contribution in [0.3, 0.4) is 0 Å². The molecule has 6 nitrogen and oxygen atoms in total. The van der Waals surface area contributed by atoms with Crippen molar-refractivity contribution in [2.75, 3.05) is 0 Å². The molecule has 16 heavy (non-hydrogen) atoms. The average molecular weight is 256 g/mol. The van der Waals surface area contributed by atoms with E-state index < -0.39 is 39.4 Å². The highest BCUT2D eigenvalue weighted by Gasteiger charge is 2.49. The maximum absolute atomic E-state index is 13.7. The van der Waals surface area contributed by atoms with E-state index in [9.17, 15) is 22.4 Å². The highest BCUT2D eigenvalue weighted by molar-refractivity contribution is 7.86. The summed E-state index contributed by atoms with van der Waals surface area (Å²) in [7, 11) is -5.32. The monoisotopic (exact) mass is 256 g/mol. The first kappa shape index (κ1) is 15.0. The van der Waals surface area contributed by atoms with Crippen molar-refractivity contribution in [3.8, 4) is 0 Å². The van der Waals surface area contributed by atoms with Crippen molar-refractivity contribution in [1.82, 2.24) is 0 Å². The van der Waals surface area contributed by atoms with E-state index >= 15 is 0 Å². The lowest BCUT2D eigenvalue weighted by Gasteiger charge is -2.21. The zero-order valence-corrected chi connectivity index (χ0v) is 9.88. The molecule has 1 atom stereocenters. The topological polar surface area (TPSA) is 97.7 Å². The number of hydrogen-bond donors (Lipinski definition) is 1. The third kappa shape index (κ3) is 3.86. The summed E-state index contributed by atoms with van der Waals surface area (Å²) in [6, 6.07) is 0. The van der Waals surface area contributed by atoms with Crippen LogP contribution in [0.4, 0.5) is 4.39 Å². The van der Waals surface area contributed by atoms with Crippen molar-refractivity contribution < 1.29 is 31.7 Å². The molecule has 0 aliphatic heterocycles. The Morgan fingerprint density at radius 1 is 1.44 bits per heavy atom. The van der Waals surface area contributed by atoms with Crippen LogP contribution in [0.1, 0.15) is 27.2 Å². The number of esters is 1. The number of halogens is 1. The van der Waals surface area contributed by atoms with Gasteiger partial charge in [-0.1, -0.05) is 13.8 Å². The molecule has 0 bridgehead atoms. The molecule has 1 N–H and O–H groups in total. The van der Waals surface area contributed by atoms with Gasteiger partial charge in [0.1, 0.15) is 5.78 Å². The minimum Gasteiger partial charge on any atom is -0.412 e. The third-order valence-electron chi connectivity index (χ3n) is 1.57. The van der Waals surface area contributed by atoms with Crippen LogP contribution >= 0.6 is 0 Å². The molecule has 0 saturated carbocycles. The Hall–Kier alpha value is -1.02. The molecule has 1 unspecified atom stereocenters. The fraction of sp³-hybridized carbons (Fsp3) is 0.750. The standard InChI is InChI=1S/C8H13FO6S/c1-5(2)7(11)15-8(9,4-6(3)10)16(12,13)14/h5H,4H2,1-3H3,(H,12,13,14). The Kier molecular flexibility index (Phi) is 4.56. The van der Waals surface area contributed by atoms with E-state index in [1.54, 1.807) is 0 Å². The Morgan fingerprint density at radius 2 is 1.88 bits per heavy atom. The van der Waals surface area contributed by atoms with Gasteiger partial charge < -0.3 is 4.74 Å². The first-order chi connectivity index (χ1) is 6.99. The number of rotatable bonds is 5. The van der Waals surface area contributed by atoms with E-state index in [1.807, 2.05) is 0 Å². The molecule has 0 aliphatic rings. The second kappa shape index (κ2) is 4.88. The van der Waals surface area contributed by atoms with Gasteiger partial charge in [-0.3, -0.25) is 14.1 Å². The molecular formula is C8H13FO6S. The van der Waals surface area contributed by atoms with E-state index in [0.29, 0.717) is 0 Å². The van der Waals surface area contributed by atoms with Crippen LogP contribution in [-0.4, -0.2) is 29.9 Å². The number of carbonyl (C=O) groups excluding carboxylic acids is 2. The zero-order chi connectivity index (χ0) is 13.1. The maximum atomic E-state index is 13.7. The van der Waals surface area contributed by atoms with Gasteiger partial charge in [0.25, 0.3) is 0 Å². The molecule has 0 rings (SSSR count). The lowest BCUT2D eigenvalue weighted by Crippen LogP contribution is -2.41. The van der Waals surface area contributed by atoms with Crippen LogP contribution in [0, 0.1) is 5.92 Å². The number of ketones is 1. The molecule has 0 saturated heterocycles. The van der Waals surface area contributed by atoms with E-state index in [0.717, 1.165) is 6.92 Å². The predicted molar refractivity (Wildman–Crippen MR) is 51.6 cm³/mol. The minimum atomic E-state index is -5.32. The quantitative estimate of drug-likeness (QED) is 0.573. The maximum Gasteiger partial charge on any atom is 0.383 e. The van der Waals surface area contributed by atoms with Gasteiger partial charge in [0, 0.05) is 0 Å². The molecule has 0 fully saturated rings. The smallest absolute Gasteiger partial charge is 0.383 e. The first-order valence-corrected chi connectivity index (χ1v) is 5.82. The molecule has 0 amide bonds. The number of alkyl halides is 1. The second-order valence-electron chi connectivity index (χ2n) is 3.59. The van der Waals surface area contributed by atoms with Crippen molar-refractivity contribution in [2.24, 2.45) is 5.92 Å². The minimum absolute atomic E-state index is 0.788. The molecule has 0 aliphatic carbocycles. The molecule has 0 aromatic carbocycles. The van der Waals surface area contributed by atoms with E-state index in [-0.39, 0.29) is 0 Å². The summed E-state index contributed by atoms with van der Waals surface area (Å²) in [6.45, 7) is 3.60. The van der Waals surface area contributed by atoms with E-state index in [2.05, 4.69) is 4.74 Å². The summed E-state index contributed by atoms with van der Waals surface area (Å²) in [5.74, 6) is -2.83. The number of ether oxygens (including phenoxy) is 1. The summed E-state index contributed by atoms with van der Waals surface area (Å²) in [5.41, 5.74) is 0. The number of Topliss-reactive ketones (excluding diaryl/α,β-unsaturated/α-hetero) is 1. The molecule has 0 heterocycles. The van der Waals surface area contributed by atoms with Gasteiger partial charge in [-0.05, 0) is 6.92 Å². The van der Waals surface area contributed by atoms with Crippen molar-refractivity contribution in [3.63, 3.8) is 0 Å². The van der Waals surface area contributed by atoms with Crippen LogP contribution in [0.25, 0.3) is 0 Å². The second-order valence-corrected chi connectivity index (χ2v) is 5.15. The molecule has 0 spiro atoms. The van der Waals surface area contributed by atoms with Gasteiger partial charge in [-0.25, -0.2) is 0 Å². The summed E-state index contributed by atoms with van der Waals surface area (Å²) in [6.07, 6.45) is -1.25. The van der Waals surface area contributed by atoms with Gasteiger partial charge in [-0.2, -0.15) is 12.8 Å². The Labute approximate surface area is 92.5 Å². The van der Waals surface area contributed by atoms with Crippen molar-refractivity contribution in [1.29, 1.82) is 0 Å². The van der Waals surface area contributed by atoms with Gasteiger partial charge in [0.05, 0.1) is 12.3 Å².